The minimum atomic E-state index is -0.251. The fraction of sp³-hybridized carbons (Fsp3) is 0.167. The third kappa shape index (κ3) is 2.85. The molecule has 0 saturated carbocycles. The standard InChI is InChI=1S/C12H12ClN3O/c13-8-10(9-4-2-1-3-5-9)16-11-12(17)15-7-6-14-11/h1-7,10H,8H2,(H,14,16)(H,15,17). The number of hydrogen-bond acceptors (Lipinski definition) is 3. The fourth-order valence-corrected chi connectivity index (χ4v) is 1.77. The molecule has 5 heteroatoms. The van der Waals surface area contributed by atoms with Crippen LogP contribution in [0.15, 0.2) is 47.5 Å². The summed E-state index contributed by atoms with van der Waals surface area (Å²) in [6, 6.07) is 9.57. The molecular formula is C12H12ClN3O. The van der Waals surface area contributed by atoms with Crippen LogP contribution in [0.1, 0.15) is 11.6 Å². The van der Waals surface area contributed by atoms with E-state index >= 15 is 0 Å². The van der Waals surface area contributed by atoms with Crippen LogP contribution in [-0.2, 0) is 0 Å². The molecule has 0 amide bonds. The van der Waals surface area contributed by atoms with Crippen LogP contribution in [0.3, 0.4) is 0 Å². The van der Waals surface area contributed by atoms with Gasteiger partial charge in [0.2, 0.25) is 0 Å². The maximum absolute atomic E-state index is 11.5. The molecule has 88 valence electrons. The van der Waals surface area contributed by atoms with Crippen LogP contribution in [-0.4, -0.2) is 15.8 Å². The van der Waals surface area contributed by atoms with E-state index in [0.717, 1.165) is 5.56 Å². The van der Waals surface area contributed by atoms with Crippen molar-refractivity contribution in [3.63, 3.8) is 0 Å². The van der Waals surface area contributed by atoms with Crippen LogP contribution in [0.25, 0.3) is 0 Å². The van der Waals surface area contributed by atoms with Gasteiger partial charge in [0, 0.05) is 18.3 Å². The summed E-state index contributed by atoms with van der Waals surface area (Å²) in [5, 5.41) is 3.03. The average molecular weight is 250 g/mol. The minimum Gasteiger partial charge on any atom is -0.357 e. The van der Waals surface area contributed by atoms with Crippen molar-refractivity contribution < 1.29 is 0 Å². The van der Waals surface area contributed by atoms with Crippen molar-refractivity contribution in [2.45, 2.75) is 6.04 Å². The van der Waals surface area contributed by atoms with Gasteiger partial charge < -0.3 is 10.3 Å². The lowest BCUT2D eigenvalue weighted by Crippen LogP contribution is -2.20. The molecule has 2 rings (SSSR count). The highest BCUT2D eigenvalue weighted by atomic mass is 35.5. The maximum Gasteiger partial charge on any atom is 0.290 e. The average Bonchev–Trinajstić information content (AvgIpc) is 2.39. The number of nitrogens with zero attached hydrogens (tertiary/aromatic N) is 1. The molecule has 0 saturated heterocycles. The smallest absolute Gasteiger partial charge is 0.290 e. The van der Waals surface area contributed by atoms with Gasteiger partial charge >= 0.3 is 0 Å². The van der Waals surface area contributed by atoms with Crippen molar-refractivity contribution in [3.05, 3.63) is 58.6 Å². The minimum absolute atomic E-state index is 0.131. The molecule has 1 atom stereocenters. The van der Waals surface area contributed by atoms with Crippen molar-refractivity contribution >= 4 is 17.4 Å². The third-order valence-electron chi connectivity index (χ3n) is 2.37. The summed E-state index contributed by atoms with van der Waals surface area (Å²) in [6.45, 7) is 0. The Morgan fingerprint density at radius 2 is 2.12 bits per heavy atom. The number of hydrogen-bond donors (Lipinski definition) is 2. The normalized spacial score (nSPS) is 12.1. The van der Waals surface area contributed by atoms with Crippen molar-refractivity contribution in [2.75, 3.05) is 11.2 Å². The summed E-state index contributed by atoms with van der Waals surface area (Å²) >= 11 is 5.90. The molecule has 0 aliphatic carbocycles. The molecule has 1 aromatic carbocycles. The van der Waals surface area contributed by atoms with E-state index in [0.29, 0.717) is 5.88 Å². The quantitative estimate of drug-likeness (QED) is 0.817. The van der Waals surface area contributed by atoms with E-state index in [1.54, 1.807) is 0 Å². The number of rotatable bonds is 4. The molecule has 0 radical (unpaired) electrons. The number of benzene rings is 1. The fourth-order valence-electron chi connectivity index (χ4n) is 1.52. The van der Waals surface area contributed by atoms with Crippen LogP contribution in [0, 0.1) is 0 Å². The first kappa shape index (κ1) is 11.7. The molecule has 0 aliphatic rings. The molecule has 1 heterocycles. The zero-order valence-electron chi connectivity index (χ0n) is 9.06. The SMILES string of the molecule is O=c1[nH]ccnc1NC(CCl)c1ccccc1. The highest BCUT2D eigenvalue weighted by Crippen LogP contribution is 2.17. The Balaban J connectivity index is 2.22. The molecule has 2 N–H and O–H groups in total. The summed E-state index contributed by atoms with van der Waals surface area (Å²) in [6.07, 6.45) is 3.02. The topological polar surface area (TPSA) is 57.8 Å². The van der Waals surface area contributed by atoms with E-state index < -0.39 is 0 Å². The molecule has 1 aromatic heterocycles. The lowest BCUT2D eigenvalue weighted by Gasteiger charge is -2.16. The first-order valence-corrected chi connectivity index (χ1v) is 5.76. The van der Waals surface area contributed by atoms with Crippen LogP contribution >= 0.6 is 11.6 Å². The van der Waals surface area contributed by atoms with Gasteiger partial charge in [-0.3, -0.25) is 4.79 Å². The lowest BCUT2D eigenvalue weighted by atomic mass is 10.1. The molecule has 1 unspecified atom stereocenters. The molecule has 2 aromatic rings. The molecule has 0 bridgehead atoms. The zero-order valence-corrected chi connectivity index (χ0v) is 9.82. The summed E-state index contributed by atoms with van der Waals surface area (Å²) in [5.74, 6) is 0.641. The number of alkyl halides is 1. The van der Waals surface area contributed by atoms with Gasteiger partial charge in [0.1, 0.15) is 0 Å². The third-order valence-corrected chi connectivity index (χ3v) is 2.68. The number of halogens is 1. The van der Waals surface area contributed by atoms with E-state index in [-0.39, 0.29) is 17.4 Å². The Kier molecular flexibility index (Phi) is 3.77. The van der Waals surface area contributed by atoms with Crippen LogP contribution in [0.2, 0.25) is 0 Å². The number of nitrogens with one attached hydrogen (secondary N) is 2. The molecule has 17 heavy (non-hydrogen) atoms. The highest BCUT2D eigenvalue weighted by molar-refractivity contribution is 6.18. The summed E-state index contributed by atoms with van der Waals surface area (Å²) in [7, 11) is 0. The van der Waals surface area contributed by atoms with Gasteiger partial charge in [-0.05, 0) is 5.56 Å². The van der Waals surface area contributed by atoms with Gasteiger partial charge in [-0.2, -0.15) is 0 Å². The van der Waals surface area contributed by atoms with Crippen LogP contribution in [0.5, 0.6) is 0 Å². The summed E-state index contributed by atoms with van der Waals surface area (Å²) in [5.41, 5.74) is 0.770. The van der Waals surface area contributed by atoms with E-state index in [1.807, 2.05) is 30.3 Å². The second-order valence-corrected chi connectivity index (χ2v) is 3.84. The van der Waals surface area contributed by atoms with E-state index in [9.17, 15) is 4.79 Å². The number of aromatic nitrogens is 2. The molecule has 4 nitrogen and oxygen atoms in total. The van der Waals surface area contributed by atoms with Crippen molar-refractivity contribution in [2.24, 2.45) is 0 Å². The molecule has 0 fully saturated rings. The van der Waals surface area contributed by atoms with E-state index in [2.05, 4.69) is 15.3 Å². The van der Waals surface area contributed by atoms with Crippen molar-refractivity contribution in [1.29, 1.82) is 0 Å². The summed E-state index contributed by atoms with van der Waals surface area (Å²) in [4.78, 5) is 18.0. The predicted molar refractivity (Wildman–Crippen MR) is 68.4 cm³/mol. The van der Waals surface area contributed by atoms with Gasteiger partial charge in [0.15, 0.2) is 5.82 Å². The van der Waals surface area contributed by atoms with Crippen molar-refractivity contribution in [3.8, 4) is 0 Å². The van der Waals surface area contributed by atoms with E-state index in [1.165, 1.54) is 12.4 Å². The lowest BCUT2D eigenvalue weighted by molar-refractivity contribution is 0.874. The van der Waals surface area contributed by atoms with Crippen LogP contribution in [0.4, 0.5) is 5.82 Å². The van der Waals surface area contributed by atoms with Crippen molar-refractivity contribution in [1.82, 2.24) is 9.97 Å². The maximum atomic E-state index is 11.5. The van der Waals surface area contributed by atoms with Gasteiger partial charge in [-0.15, -0.1) is 11.6 Å². The van der Waals surface area contributed by atoms with Crippen LogP contribution < -0.4 is 10.9 Å². The van der Waals surface area contributed by atoms with E-state index in [4.69, 9.17) is 11.6 Å². The first-order valence-electron chi connectivity index (χ1n) is 5.22. The Bertz CT molecular complexity index is 527. The number of anilines is 1. The summed E-state index contributed by atoms with van der Waals surface area (Å²) < 4.78 is 0. The number of H-pyrrole nitrogens is 1. The molecular weight excluding hydrogens is 238 g/mol. The predicted octanol–water partition coefficient (Wildman–Crippen LogP) is 2.16. The Morgan fingerprint density at radius 1 is 1.35 bits per heavy atom. The second kappa shape index (κ2) is 5.50. The monoisotopic (exact) mass is 249 g/mol. The van der Waals surface area contributed by atoms with Gasteiger partial charge in [0.05, 0.1) is 6.04 Å². The highest BCUT2D eigenvalue weighted by Gasteiger charge is 2.11. The molecule has 0 spiro atoms. The van der Waals surface area contributed by atoms with Gasteiger partial charge in [-0.25, -0.2) is 4.98 Å². The Morgan fingerprint density at radius 3 is 2.76 bits per heavy atom. The van der Waals surface area contributed by atoms with Gasteiger partial charge in [0.25, 0.3) is 5.56 Å². The first-order chi connectivity index (χ1) is 8.31. The largest absolute Gasteiger partial charge is 0.357 e. The second-order valence-electron chi connectivity index (χ2n) is 3.53. The van der Waals surface area contributed by atoms with Gasteiger partial charge in [-0.1, -0.05) is 30.3 Å². The Hall–Kier alpha value is -1.81. The molecule has 0 aliphatic heterocycles. The zero-order chi connectivity index (χ0) is 12.1. The Labute approximate surface area is 104 Å². The number of aromatic amines is 1.